The fourth-order valence-electron chi connectivity index (χ4n) is 3.69. The highest BCUT2D eigenvalue weighted by Crippen LogP contribution is 2.25. The van der Waals surface area contributed by atoms with E-state index < -0.39 is 0 Å². The molecule has 3 heterocycles. The summed E-state index contributed by atoms with van der Waals surface area (Å²) < 4.78 is 21.7. The number of aromatic nitrogens is 2. The van der Waals surface area contributed by atoms with Crippen LogP contribution in [0.5, 0.6) is 5.75 Å². The van der Waals surface area contributed by atoms with Crippen LogP contribution in [0, 0.1) is 5.92 Å². The zero-order valence-electron chi connectivity index (χ0n) is 17.9. The molecule has 0 radical (unpaired) electrons. The number of ether oxygens (including phenoxy) is 3. The van der Waals surface area contributed by atoms with Crippen molar-refractivity contribution < 1.29 is 23.5 Å². The number of carbonyl (C=O) groups excluding carboxylic acids is 1. The molecule has 0 saturated carbocycles. The molecule has 2 aliphatic rings. The van der Waals surface area contributed by atoms with Crippen molar-refractivity contribution in [2.45, 2.75) is 31.7 Å². The predicted molar refractivity (Wildman–Crippen MR) is 112 cm³/mol. The molecule has 0 bridgehead atoms. The quantitative estimate of drug-likeness (QED) is 0.610. The Balaban J connectivity index is 1.13. The lowest BCUT2D eigenvalue weighted by Crippen LogP contribution is -2.52. The Morgan fingerprint density at radius 2 is 2.00 bits per heavy atom. The Kier molecular flexibility index (Phi) is 7.37. The summed E-state index contributed by atoms with van der Waals surface area (Å²) in [6.45, 7) is 4.65. The highest BCUT2D eigenvalue weighted by Gasteiger charge is 2.35. The molecule has 1 aromatic heterocycles. The molecule has 2 aromatic rings. The van der Waals surface area contributed by atoms with Gasteiger partial charge in [-0.15, -0.1) is 0 Å². The van der Waals surface area contributed by atoms with Gasteiger partial charge in [0.05, 0.1) is 19.6 Å². The summed E-state index contributed by atoms with van der Waals surface area (Å²) in [5, 5.41) is 6.98. The molecule has 0 spiro atoms. The van der Waals surface area contributed by atoms with Gasteiger partial charge in [0.1, 0.15) is 5.75 Å². The van der Waals surface area contributed by atoms with Crippen molar-refractivity contribution in [2.24, 2.45) is 5.92 Å². The lowest BCUT2D eigenvalue weighted by atomic mass is 10.0. The largest absolute Gasteiger partial charge is 0.497 e. The van der Waals surface area contributed by atoms with E-state index in [0.717, 1.165) is 44.0 Å². The number of methoxy groups -OCH3 is 1. The molecule has 0 unspecified atom stereocenters. The summed E-state index contributed by atoms with van der Waals surface area (Å²) in [5.41, 5.74) is 1.02. The van der Waals surface area contributed by atoms with Crippen LogP contribution in [-0.4, -0.2) is 67.7 Å². The van der Waals surface area contributed by atoms with E-state index >= 15 is 0 Å². The van der Waals surface area contributed by atoms with Crippen LogP contribution in [0.2, 0.25) is 0 Å². The van der Waals surface area contributed by atoms with E-state index in [1.165, 1.54) is 0 Å². The molecular formula is C22H30N4O5. The SMILES string of the molecule is COc1ccc(CNC(=O)N2CC(c3nc(CCOCC4CCOCC4)no3)C2)cc1. The molecule has 2 fully saturated rings. The monoisotopic (exact) mass is 430 g/mol. The molecule has 1 N–H and O–H groups in total. The molecule has 2 saturated heterocycles. The molecular weight excluding hydrogens is 400 g/mol. The van der Waals surface area contributed by atoms with E-state index in [1.807, 2.05) is 24.3 Å². The minimum atomic E-state index is -0.0895. The van der Waals surface area contributed by atoms with Gasteiger partial charge in [0.15, 0.2) is 5.82 Å². The van der Waals surface area contributed by atoms with Gasteiger partial charge in [0.25, 0.3) is 0 Å². The van der Waals surface area contributed by atoms with Gasteiger partial charge in [0.2, 0.25) is 5.89 Å². The molecule has 31 heavy (non-hydrogen) atoms. The Bertz CT molecular complexity index is 829. The van der Waals surface area contributed by atoms with Crippen LogP contribution in [0.4, 0.5) is 4.79 Å². The van der Waals surface area contributed by atoms with Crippen LogP contribution in [0.15, 0.2) is 28.8 Å². The third-order valence-corrected chi connectivity index (χ3v) is 5.77. The normalized spacial score (nSPS) is 17.4. The second kappa shape index (κ2) is 10.6. The average Bonchev–Trinajstić information content (AvgIpc) is 3.23. The maximum atomic E-state index is 12.3. The van der Waals surface area contributed by atoms with Crippen molar-refractivity contribution in [3.63, 3.8) is 0 Å². The molecule has 4 rings (SSSR count). The Hall–Kier alpha value is -2.65. The van der Waals surface area contributed by atoms with Crippen molar-refractivity contribution in [2.75, 3.05) is 46.6 Å². The van der Waals surface area contributed by atoms with Gasteiger partial charge in [-0.25, -0.2) is 4.79 Å². The molecule has 2 aliphatic heterocycles. The number of amides is 2. The number of urea groups is 1. The van der Waals surface area contributed by atoms with Crippen LogP contribution < -0.4 is 10.1 Å². The van der Waals surface area contributed by atoms with Crippen LogP contribution in [0.3, 0.4) is 0 Å². The number of benzene rings is 1. The standard InChI is InChI=1S/C22H30N4O5/c1-28-19-4-2-16(3-5-19)12-23-22(27)26-13-18(14-26)21-24-20(25-31-21)8-11-30-15-17-6-9-29-10-7-17/h2-5,17-18H,6-15H2,1H3,(H,23,27). The number of hydrogen-bond donors (Lipinski definition) is 1. The van der Waals surface area contributed by atoms with E-state index in [0.29, 0.717) is 50.3 Å². The summed E-state index contributed by atoms with van der Waals surface area (Å²) in [6, 6.07) is 7.54. The molecule has 0 atom stereocenters. The number of nitrogens with one attached hydrogen (secondary N) is 1. The fraction of sp³-hybridized carbons (Fsp3) is 0.591. The molecule has 0 aliphatic carbocycles. The summed E-state index contributed by atoms with van der Waals surface area (Å²) in [5.74, 6) is 2.73. The third-order valence-electron chi connectivity index (χ3n) is 5.77. The minimum absolute atomic E-state index is 0.0895. The van der Waals surface area contributed by atoms with Gasteiger partial charge in [-0.05, 0) is 36.5 Å². The zero-order valence-corrected chi connectivity index (χ0v) is 17.9. The van der Waals surface area contributed by atoms with Gasteiger partial charge in [0, 0.05) is 45.9 Å². The fourth-order valence-corrected chi connectivity index (χ4v) is 3.69. The zero-order chi connectivity index (χ0) is 21.5. The van der Waals surface area contributed by atoms with Gasteiger partial charge >= 0.3 is 6.03 Å². The van der Waals surface area contributed by atoms with Crippen molar-refractivity contribution >= 4 is 6.03 Å². The lowest BCUT2D eigenvalue weighted by molar-refractivity contribution is 0.0211. The first kappa shape index (κ1) is 21.6. The number of rotatable bonds is 9. The Morgan fingerprint density at radius 1 is 1.23 bits per heavy atom. The van der Waals surface area contributed by atoms with E-state index in [2.05, 4.69) is 15.5 Å². The van der Waals surface area contributed by atoms with Crippen LogP contribution in [0.1, 0.15) is 36.0 Å². The van der Waals surface area contributed by atoms with Crippen molar-refractivity contribution in [1.29, 1.82) is 0 Å². The van der Waals surface area contributed by atoms with Crippen molar-refractivity contribution in [3.05, 3.63) is 41.5 Å². The maximum Gasteiger partial charge on any atom is 0.317 e. The van der Waals surface area contributed by atoms with E-state index in [4.69, 9.17) is 18.7 Å². The van der Waals surface area contributed by atoms with Crippen molar-refractivity contribution in [3.8, 4) is 5.75 Å². The lowest BCUT2D eigenvalue weighted by Gasteiger charge is -2.36. The summed E-state index contributed by atoms with van der Waals surface area (Å²) in [6.07, 6.45) is 2.77. The molecule has 9 heteroatoms. The number of likely N-dealkylation sites (tertiary alicyclic amines) is 1. The number of carbonyl (C=O) groups is 1. The molecule has 2 amide bonds. The first-order valence-electron chi connectivity index (χ1n) is 10.8. The number of nitrogens with zero attached hydrogens (tertiary/aromatic N) is 3. The minimum Gasteiger partial charge on any atom is -0.497 e. The van der Waals surface area contributed by atoms with Gasteiger partial charge < -0.3 is 29.0 Å². The van der Waals surface area contributed by atoms with Crippen LogP contribution in [0.25, 0.3) is 0 Å². The Morgan fingerprint density at radius 3 is 2.74 bits per heavy atom. The van der Waals surface area contributed by atoms with Gasteiger partial charge in [-0.3, -0.25) is 0 Å². The van der Waals surface area contributed by atoms with Crippen molar-refractivity contribution in [1.82, 2.24) is 20.4 Å². The second-order valence-corrected chi connectivity index (χ2v) is 8.04. The highest BCUT2D eigenvalue weighted by molar-refractivity contribution is 5.75. The van der Waals surface area contributed by atoms with E-state index in [1.54, 1.807) is 12.0 Å². The summed E-state index contributed by atoms with van der Waals surface area (Å²) in [7, 11) is 1.63. The topological polar surface area (TPSA) is 99.0 Å². The Labute approximate surface area is 182 Å². The number of hydrogen-bond acceptors (Lipinski definition) is 7. The first-order valence-corrected chi connectivity index (χ1v) is 10.8. The summed E-state index contributed by atoms with van der Waals surface area (Å²) in [4.78, 5) is 18.5. The van der Waals surface area contributed by atoms with E-state index in [9.17, 15) is 4.79 Å². The predicted octanol–water partition coefficient (Wildman–Crippen LogP) is 2.37. The van der Waals surface area contributed by atoms with Gasteiger partial charge in [-0.1, -0.05) is 17.3 Å². The molecule has 9 nitrogen and oxygen atoms in total. The van der Waals surface area contributed by atoms with Crippen LogP contribution in [-0.2, 0) is 22.4 Å². The summed E-state index contributed by atoms with van der Waals surface area (Å²) >= 11 is 0. The third kappa shape index (κ3) is 5.95. The van der Waals surface area contributed by atoms with Crippen LogP contribution >= 0.6 is 0 Å². The average molecular weight is 431 g/mol. The second-order valence-electron chi connectivity index (χ2n) is 8.04. The smallest absolute Gasteiger partial charge is 0.317 e. The van der Waals surface area contributed by atoms with E-state index in [-0.39, 0.29) is 11.9 Å². The highest BCUT2D eigenvalue weighted by atomic mass is 16.5. The maximum absolute atomic E-state index is 12.3. The first-order chi connectivity index (χ1) is 15.2. The molecule has 168 valence electrons. The van der Waals surface area contributed by atoms with Gasteiger partial charge in [-0.2, -0.15) is 4.98 Å². The molecule has 1 aromatic carbocycles.